The fourth-order valence-electron chi connectivity index (χ4n) is 3.47. The molecule has 0 fully saturated rings. The van der Waals surface area contributed by atoms with Crippen LogP contribution in [0.15, 0.2) is 54.7 Å². The molecule has 5 nitrogen and oxygen atoms in total. The lowest BCUT2D eigenvalue weighted by Gasteiger charge is -2.21. The summed E-state index contributed by atoms with van der Waals surface area (Å²) in [5.74, 6) is -0.0380. The maximum Gasteiger partial charge on any atom is 0.259 e. The lowest BCUT2D eigenvalue weighted by atomic mass is 10.1. The van der Waals surface area contributed by atoms with Gasteiger partial charge in [0, 0.05) is 23.2 Å². The van der Waals surface area contributed by atoms with Gasteiger partial charge in [-0.05, 0) is 58.0 Å². The Labute approximate surface area is 174 Å². The van der Waals surface area contributed by atoms with Crippen molar-refractivity contribution in [2.24, 2.45) is 0 Å². The van der Waals surface area contributed by atoms with Crippen molar-refractivity contribution >= 4 is 34.0 Å². The molecular weight excluding hydrogens is 380 g/mol. The predicted octanol–water partition coefficient (Wildman–Crippen LogP) is 5.72. The zero-order valence-electron chi connectivity index (χ0n) is 17.1. The van der Waals surface area contributed by atoms with Gasteiger partial charge in [0.15, 0.2) is 5.65 Å². The Morgan fingerprint density at radius 1 is 1.17 bits per heavy atom. The number of anilines is 1. The number of rotatable bonds is 5. The van der Waals surface area contributed by atoms with E-state index >= 15 is 0 Å². The third-order valence-electron chi connectivity index (χ3n) is 4.91. The number of para-hydroxylation sites is 1. The molecule has 29 heavy (non-hydrogen) atoms. The molecule has 0 saturated carbocycles. The van der Waals surface area contributed by atoms with Gasteiger partial charge in [0.1, 0.15) is 0 Å². The van der Waals surface area contributed by atoms with Crippen LogP contribution in [0.25, 0.3) is 21.6 Å². The van der Waals surface area contributed by atoms with Crippen molar-refractivity contribution < 1.29 is 4.79 Å². The summed E-state index contributed by atoms with van der Waals surface area (Å²) in [4.78, 5) is 22.6. The van der Waals surface area contributed by atoms with Gasteiger partial charge in [-0.2, -0.15) is 5.10 Å². The number of carbonyl (C=O) groups excluding carboxylic acids is 1. The van der Waals surface area contributed by atoms with Crippen LogP contribution in [0.3, 0.4) is 0 Å². The largest absolute Gasteiger partial charge is 0.309 e. The molecule has 3 aromatic heterocycles. The van der Waals surface area contributed by atoms with Crippen molar-refractivity contribution in [1.29, 1.82) is 0 Å². The van der Waals surface area contributed by atoms with Gasteiger partial charge < -0.3 is 4.90 Å². The Morgan fingerprint density at radius 3 is 2.55 bits per heavy atom. The second kappa shape index (κ2) is 7.79. The summed E-state index contributed by atoms with van der Waals surface area (Å²) in [6.45, 7) is 8.79. The molecule has 0 spiro atoms. The van der Waals surface area contributed by atoms with Crippen LogP contribution in [0.4, 0.5) is 5.69 Å². The number of aromatic nitrogens is 3. The van der Waals surface area contributed by atoms with Crippen molar-refractivity contribution in [2.45, 2.75) is 33.7 Å². The lowest BCUT2D eigenvalue weighted by Crippen LogP contribution is -2.30. The summed E-state index contributed by atoms with van der Waals surface area (Å²) in [7, 11) is 0. The highest BCUT2D eigenvalue weighted by Crippen LogP contribution is 2.31. The molecule has 0 saturated heterocycles. The first-order valence-corrected chi connectivity index (χ1v) is 10.6. The summed E-state index contributed by atoms with van der Waals surface area (Å²) in [5.41, 5.74) is 3.07. The topological polar surface area (TPSA) is 51.0 Å². The fraction of sp³-hybridized carbons (Fsp3) is 0.261. The third-order valence-corrected chi connectivity index (χ3v) is 5.93. The van der Waals surface area contributed by atoms with Gasteiger partial charge in [-0.3, -0.25) is 4.79 Å². The molecule has 0 aliphatic rings. The Hall–Kier alpha value is -2.99. The van der Waals surface area contributed by atoms with E-state index in [1.165, 1.54) is 4.88 Å². The van der Waals surface area contributed by atoms with Crippen LogP contribution in [0.1, 0.15) is 42.0 Å². The zero-order chi connectivity index (χ0) is 20.5. The second-order valence-corrected chi connectivity index (χ2v) is 8.56. The monoisotopic (exact) mass is 404 g/mol. The minimum Gasteiger partial charge on any atom is -0.309 e. The number of pyridine rings is 1. The van der Waals surface area contributed by atoms with Gasteiger partial charge in [-0.15, -0.1) is 11.3 Å². The molecule has 6 heteroatoms. The minimum absolute atomic E-state index is 0.0380. The highest BCUT2D eigenvalue weighted by atomic mass is 32.1. The normalized spacial score (nSPS) is 11.3. The smallest absolute Gasteiger partial charge is 0.259 e. The van der Waals surface area contributed by atoms with Gasteiger partial charge in [-0.25, -0.2) is 9.67 Å². The molecule has 1 amide bonds. The van der Waals surface area contributed by atoms with Crippen LogP contribution in [0, 0.1) is 6.92 Å². The van der Waals surface area contributed by atoms with E-state index in [9.17, 15) is 4.79 Å². The number of hydrogen-bond donors (Lipinski definition) is 0. The molecule has 0 radical (unpaired) electrons. The average Bonchev–Trinajstić information content (AvgIpc) is 3.34. The first-order chi connectivity index (χ1) is 14.0. The van der Waals surface area contributed by atoms with Crippen LogP contribution < -0.4 is 4.90 Å². The van der Waals surface area contributed by atoms with Crippen molar-refractivity contribution in [3.8, 4) is 10.6 Å². The molecule has 1 aromatic carbocycles. The van der Waals surface area contributed by atoms with Crippen LogP contribution >= 0.6 is 11.3 Å². The van der Waals surface area contributed by atoms with Gasteiger partial charge in [0.25, 0.3) is 5.91 Å². The molecule has 4 rings (SSSR count). The van der Waals surface area contributed by atoms with Crippen LogP contribution in [-0.4, -0.2) is 27.2 Å². The number of nitrogens with zero attached hydrogens (tertiary/aromatic N) is 4. The van der Waals surface area contributed by atoms with E-state index in [0.717, 1.165) is 27.3 Å². The molecule has 0 atom stereocenters. The Balaban J connectivity index is 1.91. The summed E-state index contributed by atoms with van der Waals surface area (Å²) < 4.78 is 1.88. The Morgan fingerprint density at radius 2 is 1.93 bits per heavy atom. The molecule has 3 heterocycles. The quantitative estimate of drug-likeness (QED) is 0.428. The SMILES string of the molecule is CCN(C(=O)c1cc(-c2ccc(C)s2)nc2c1cnn2C(C)C)c1ccccc1. The van der Waals surface area contributed by atoms with Crippen LogP contribution in [-0.2, 0) is 0 Å². The summed E-state index contributed by atoms with van der Waals surface area (Å²) in [6.07, 6.45) is 1.76. The molecule has 0 bridgehead atoms. The third kappa shape index (κ3) is 3.56. The first-order valence-electron chi connectivity index (χ1n) is 9.81. The number of aryl methyl sites for hydroxylation is 1. The number of benzene rings is 1. The van der Waals surface area contributed by atoms with E-state index in [1.54, 1.807) is 22.4 Å². The van der Waals surface area contributed by atoms with E-state index in [-0.39, 0.29) is 11.9 Å². The molecular formula is C23H24N4OS. The van der Waals surface area contributed by atoms with E-state index in [4.69, 9.17) is 4.98 Å². The highest BCUT2D eigenvalue weighted by Gasteiger charge is 2.23. The number of hydrogen-bond acceptors (Lipinski definition) is 4. The maximum absolute atomic E-state index is 13.6. The number of fused-ring (bicyclic) bond motifs is 1. The average molecular weight is 405 g/mol. The summed E-state index contributed by atoms with van der Waals surface area (Å²) in [5, 5.41) is 5.31. The number of amides is 1. The lowest BCUT2D eigenvalue weighted by molar-refractivity contribution is 0.0990. The van der Waals surface area contributed by atoms with Gasteiger partial charge in [0.2, 0.25) is 0 Å². The predicted molar refractivity (Wildman–Crippen MR) is 120 cm³/mol. The van der Waals surface area contributed by atoms with E-state index in [2.05, 4.69) is 38.0 Å². The maximum atomic E-state index is 13.6. The zero-order valence-corrected chi connectivity index (χ0v) is 17.9. The second-order valence-electron chi connectivity index (χ2n) is 7.27. The molecule has 4 aromatic rings. The van der Waals surface area contributed by atoms with Crippen molar-refractivity contribution in [3.63, 3.8) is 0 Å². The molecule has 0 N–H and O–H groups in total. The standard InChI is InChI=1S/C23H24N4OS/c1-5-26(17-9-7-6-8-10-17)23(28)18-13-20(21-12-11-16(4)29-21)25-22-19(18)14-24-27(22)15(2)3/h6-15H,5H2,1-4H3. The highest BCUT2D eigenvalue weighted by molar-refractivity contribution is 7.15. The molecule has 0 aliphatic carbocycles. The van der Waals surface area contributed by atoms with Crippen LogP contribution in [0.5, 0.6) is 0 Å². The van der Waals surface area contributed by atoms with E-state index in [0.29, 0.717) is 12.1 Å². The Bertz CT molecular complexity index is 1160. The fourth-order valence-corrected chi connectivity index (χ4v) is 4.30. The molecule has 0 unspecified atom stereocenters. The van der Waals surface area contributed by atoms with Gasteiger partial charge in [-0.1, -0.05) is 18.2 Å². The van der Waals surface area contributed by atoms with Crippen molar-refractivity contribution in [3.05, 3.63) is 65.2 Å². The van der Waals surface area contributed by atoms with Crippen molar-refractivity contribution in [1.82, 2.24) is 14.8 Å². The number of thiophene rings is 1. The minimum atomic E-state index is -0.0380. The summed E-state index contributed by atoms with van der Waals surface area (Å²) in [6, 6.07) is 16.0. The van der Waals surface area contributed by atoms with Crippen LogP contribution in [0.2, 0.25) is 0 Å². The molecule has 148 valence electrons. The van der Waals surface area contributed by atoms with E-state index in [1.807, 2.05) is 48.0 Å². The van der Waals surface area contributed by atoms with Crippen molar-refractivity contribution in [2.75, 3.05) is 11.4 Å². The van der Waals surface area contributed by atoms with Gasteiger partial charge in [0.05, 0.1) is 27.7 Å². The Kier molecular flexibility index (Phi) is 5.20. The van der Waals surface area contributed by atoms with E-state index < -0.39 is 0 Å². The van der Waals surface area contributed by atoms with Gasteiger partial charge >= 0.3 is 0 Å². The molecule has 0 aliphatic heterocycles. The first kappa shape index (κ1) is 19.3. The number of carbonyl (C=O) groups is 1. The summed E-state index contributed by atoms with van der Waals surface area (Å²) >= 11 is 1.68.